The molecule has 88 valence electrons. The lowest BCUT2D eigenvalue weighted by Gasteiger charge is -2.04. The van der Waals surface area contributed by atoms with E-state index in [1.807, 2.05) is 13.8 Å². The molecular formula is C9H14N4O3. The zero-order chi connectivity index (χ0) is 12.3. The van der Waals surface area contributed by atoms with Crippen LogP contribution in [0.15, 0.2) is 6.07 Å². The van der Waals surface area contributed by atoms with Crippen molar-refractivity contribution in [3.05, 3.63) is 21.9 Å². The third-order valence-electron chi connectivity index (χ3n) is 1.95. The Hall–Kier alpha value is -1.92. The first-order valence-electron chi connectivity index (χ1n) is 4.90. The maximum absolute atomic E-state index is 11.5. The Bertz CT molecular complexity index is 411. The molecule has 0 aliphatic heterocycles. The molecule has 0 atom stereocenters. The Labute approximate surface area is 92.6 Å². The van der Waals surface area contributed by atoms with E-state index < -0.39 is 4.92 Å². The van der Waals surface area contributed by atoms with Crippen LogP contribution in [0.2, 0.25) is 0 Å². The Kier molecular flexibility index (Phi) is 3.60. The molecule has 7 heteroatoms. The summed E-state index contributed by atoms with van der Waals surface area (Å²) >= 11 is 0. The fourth-order valence-electron chi connectivity index (χ4n) is 1.29. The molecule has 0 spiro atoms. The van der Waals surface area contributed by atoms with E-state index in [-0.39, 0.29) is 23.3 Å². The van der Waals surface area contributed by atoms with Crippen molar-refractivity contribution in [2.75, 3.05) is 7.05 Å². The highest BCUT2D eigenvalue weighted by atomic mass is 16.6. The van der Waals surface area contributed by atoms with E-state index >= 15 is 0 Å². The highest BCUT2D eigenvalue weighted by Crippen LogP contribution is 2.13. The molecule has 0 bridgehead atoms. The normalized spacial score (nSPS) is 10.5. The number of rotatable bonds is 4. The minimum atomic E-state index is -0.608. The van der Waals surface area contributed by atoms with Crippen molar-refractivity contribution in [2.45, 2.75) is 20.4 Å². The van der Waals surface area contributed by atoms with Gasteiger partial charge in [-0.2, -0.15) is 4.68 Å². The zero-order valence-electron chi connectivity index (χ0n) is 9.43. The van der Waals surface area contributed by atoms with E-state index in [2.05, 4.69) is 10.4 Å². The van der Waals surface area contributed by atoms with Crippen molar-refractivity contribution in [2.24, 2.45) is 5.92 Å². The standard InChI is InChI=1S/C9H14N4O3/c1-6(2)5-12-7(9(14)10-3)4-8(11-12)13(15)16/h4,6H,5H2,1-3H3,(H,10,14). The number of nitrogens with zero attached hydrogens (tertiary/aromatic N) is 3. The van der Waals surface area contributed by atoms with E-state index in [9.17, 15) is 14.9 Å². The quantitative estimate of drug-likeness (QED) is 0.607. The van der Waals surface area contributed by atoms with Gasteiger partial charge in [-0.15, -0.1) is 0 Å². The molecule has 16 heavy (non-hydrogen) atoms. The molecule has 1 heterocycles. The summed E-state index contributed by atoms with van der Waals surface area (Å²) in [4.78, 5) is 21.4. The molecular weight excluding hydrogens is 212 g/mol. The number of carbonyl (C=O) groups excluding carboxylic acids is 1. The van der Waals surface area contributed by atoms with Crippen LogP contribution in [0.4, 0.5) is 5.82 Å². The maximum Gasteiger partial charge on any atom is 0.390 e. The van der Waals surface area contributed by atoms with Gasteiger partial charge >= 0.3 is 5.82 Å². The van der Waals surface area contributed by atoms with Crippen LogP contribution in [0.5, 0.6) is 0 Å². The highest BCUT2D eigenvalue weighted by molar-refractivity contribution is 5.92. The monoisotopic (exact) mass is 226 g/mol. The molecule has 0 aliphatic carbocycles. The number of hydrogen-bond donors (Lipinski definition) is 1. The van der Waals surface area contributed by atoms with Crippen LogP contribution < -0.4 is 5.32 Å². The number of hydrogen-bond acceptors (Lipinski definition) is 4. The SMILES string of the molecule is CNC(=O)c1cc([N+](=O)[O-])nn1CC(C)C. The number of nitrogens with one attached hydrogen (secondary N) is 1. The van der Waals surface area contributed by atoms with Gasteiger partial charge in [-0.05, 0) is 10.8 Å². The van der Waals surface area contributed by atoms with Crippen LogP contribution in [0, 0.1) is 16.0 Å². The Morgan fingerprint density at radius 2 is 2.31 bits per heavy atom. The molecule has 1 aromatic rings. The second-order valence-corrected chi connectivity index (χ2v) is 3.80. The third-order valence-corrected chi connectivity index (χ3v) is 1.95. The molecule has 0 radical (unpaired) electrons. The van der Waals surface area contributed by atoms with Crippen LogP contribution in [0.3, 0.4) is 0 Å². The van der Waals surface area contributed by atoms with Gasteiger partial charge in [0.25, 0.3) is 5.91 Å². The molecule has 7 nitrogen and oxygen atoms in total. The lowest BCUT2D eigenvalue weighted by atomic mass is 10.2. The molecule has 0 aromatic carbocycles. The molecule has 0 saturated heterocycles. The smallest absolute Gasteiger partial charge is 0.358 e. The van der Waals surface area contributed by atoms with Gasteiger partial charge in [-0.3, -0.25) is 4.79 Å². The van der Waals surface area contributed by atoms with E-state index in [0.29, 0.717) is 6.54 Å². The second kappa shape index (κ2) is 4.73. The third kappa shape index (κ3) is 2.56. The van der Waals surface area contributed by atoms with Crippen LogP contribution >= 0.6 is 0 Å². The van der Waals surface area contributed by atoms with Crippen molar-refractivity contribution >= 4 is 11.7 Å². The molecule has 1 rings (SSSR count). The van der Waals surface area contributed by atoms with Crippen LogP contribution in [0.1, 0.15) is 24.3 Å². The van der Waals surface area contributed by atoms with Crippen molar-refractivity contribution in [1.29, 1.82) is 0 Å². The van der Waals surface area contributed by atoms with Gasteiger partial charge in [0.2, 0.25) is 0 Å². The number of nitro groups is 1. The van der Waals surface area contributed by atoms with Gasteiger partial charge in [0.1, 0.15) is 0 Å². The maximum atomic E-state index is 11.5. The first-order chi connectivity index (χ1) is 7.45. The molecule has 1 aromatic heterocycles. The Balaban J connectivity index is 3.12. The van der Waals surface area contributed by atoms with E-state index in [1.54, 1.807) is 0 Å². The minimum absolute atomic E-state index is 0.211. The van der Waals surface area contributed by atoms with Crippen LogP contribution in [0.25, 0.3) is 0 Å². The van der Waals surface area contributed by atoms with Crippen molar-refractivity contribution in [3.8, 4) is 0 Å². The molecule has 1 N–H and O–H groups in total. The molecule has 1 amide bonds. The fourth-order valence-corrected chi connectivity index (χ4v) is 1.29. The predicted octanol–water partition coefficient (Wildman–Crippen LogP) is 0.807. The summed E-state index contributed by atoms with van der Waals surface area (Å²) in [6.07, 6.45) is 0. The van der Waals surface area contributed by atoms with Gasteiger partial charge in [-0.1, -0.05) is 13.8 Å². The number of amides is 1. The van der Waals surface area contributed by atoms with Crippen LogP contribution in [-0.2, 0) is 6.54 Å². The zero-order valence-corrected chi connectivity index (χ0v) is 9.43. The lowest BCUT2D eigenvalue weighted by molar-refractivity contribution is -0.389. The number of aromatic nitrogens is 2. The summed E-state index contributed by atoms with van der Waals surface area (Å²) in [6, 6.07) is 1.18. The van der Waals surface area contributed by atoms with Gasteiger partial charge in [0.15, 0.2) is 5.69 Å². The summed E-state index contributed by atoms with van der Waals surface area (Å²) in [5, 5.41) is 16.8. The van der Waals surface area contributed by atoms with E-state index in [1.165, 1.54) is 17.8 Å². The molecule has 0 fully saturated rings. The summed E-state index contributed by atoms with van der Waals surface area (Å²) in [6.45, 7) is 4.36. The minimum Gasteiger partial charge on any atom is -0.358 e. The summed E-state index contributed by atoms with van der Waals surface area (Å²) in [5.41, 5.74) is 0.211. The van der Waals surface area contributed by atoms with E-state index in [0.717, 1.165) is 0 Å². The largest absolute Gasteiger partial charge is 0.390 e. The van der Waals surface area contributed by atoms with Gasteiger partial charge in [-0.25, -0.2) is 0 Å². The van der Waals surface area contributed by atoms with Crippen LogP contribution in [-0.4, -0.2) is 27.7 Å². The van der Waals surface area contributed by atoms with Gasteiger partial charge in [0.05, 0.1) is 17.7 Å². The van der Waals surface area contributed by atoms with Crippen molar-refractivity contribution in [3.63, 3.8) is 0 Å². The average Bonchev–Trinajstić information content (AvgIpc) is 2.59. The average molecular weight is 226 g/mol. The van der Waals surface area contributed by atoms with Gasteiger partial charge in [0, 0.05) is 7.05 Å². The Morgan fingerprint density at radius 3 is 2.75 bits per heavy atom. The number of carbonyl (C=O) groups is 1. The second-order valence-electron chi connectivity index (χ2n) is 3.80. The lowest BCUT2D eigenvalue weighted by Crippen LogP contribution is -2.23. The fraction of sp³-hybridized carbons (Fsp3) is 0.556. The summed E-state index contributed by atoms with van der Waals surface area (Å²) < 4.78 is 1.36. The summed E-state index contributed by atoms with van der Waals surface area (Å²) in [7, 11) is 1.47. The van der Waals surface area contributed by atoms with E-state index in [4.69, 9.17) is 0 Å². The first kappa shape index (κ1) is 12.2. The molecule has 0 aliphatic rings. The van der Waals surface area contributed by atoms with Gasteiger partial charge < -0.3 is 15.4 Å². The highest BCUT2D eigenvalue weighted by Gasteiger charge is 2.22. The molecule has 0 saturated carbocycles. The van der Waals surface area contributed by atoms with Crippen molar-refractivity contribution in [1.82, 2.24) is 15.1 Å². The molecule has 0 unspecified atom stereocenters. The van der Waals surface area contributed by atoms with Crippen molar-refractivity contribution < 1.29 is 9.72 Å². The predicted molar refractivity (Wildman–Crippen MR) is 57.1 cm³/mol. The topological polar surface area (TPSA) is 90.1 Å². The Morgan fingerprint density at radius 1 is 1.69 bits per heavy atom. The first-order valence-corrected chi connectivity index (χ1v) is 4.90. The summed E-state index contributed by atoms with van der Waals surface area (Å²) in [5.74, 6) is -0.427.